The van der Waals surface area contributed by atoms with Gasteiger partial charge in [-0.15, -0.1) is 0 Å². The quantitative estimate of drug-likeness (QED) is 0.277. The number of amides is 1. The van der Waals surface area contributed by atoms with Crippen LogP contribution in [0.4, 0.5) is 11.4 Å². The molecule has 0 aliphatic rings. The number of hydrogen-bond donors (Lipinski definition) is 2. The molecule has 0 atom stereocenters. The third-order valence-electron chi connectivity index (χ3n) is 4.91. The molecule has 0 spiro atoms. The van der Waals surface area contributed by atoms with Crippen LogP contribution >= 0.6 is 0 Å². The van der Waals surface area contributed by atoms with Gasteiger partial charge in [-0.05, 0) is 49.2 Å². The van der Waals surface area contributed by atoms with E-state index in [1.165, 1.54) is 63.9 Å². The number of hydrogen-bond acceptors (Lipinski definition) is 3. The molecular formula is C25H34N2O2. The van der Waals surface area contributed by atoms with Crippen LogP contribution in [0.3, 0.4) is 0 Å². The summed E-state index contributed by atoms with van der Waals surface area (Å²) in [6, 6.07) is 13.8. The van der Waals surface area contributed by atoms with Gasteiger partial charge in [0.15, 0.2) is 0 Å². The second-order valence-electron chi connectivity index (χ2n) is 7.48. The first-order valence-corrected chi connectivity index (χ1v) is 10.9. The zero-order valence-electron chi connectivity index (χ0n) is 17.6. The van der Waals surface area contributed by atoms with Crippen LogP contribution in [0, 0.1) is 0 Å². The average molecular weight is 395 g/mol. The van der Waals surface area contributed by atoms with Crippen LogP contribution in [0.25, 0.3) is 0 Å². The Morgan fingerprint density at radius 3 is 2.24 bits per heavy atom. The summed E-state index contributed by atoms with van der Waals surface area (Å²) < 4.78 is 0. The van der Waals surface area contributed by atoms with Gasteiger partial charge < -0.3 is 10.4 Å². The first-order valence-electron chi connectivity index (χ1n) is 10.9. The summed E-state index contributed by atoms with van der Waals surface area (Å²) in [6.07, 6.45) is 14.9. The topological polar surface area (TPSA) is 61.7 Å². The number of carbonyl (C=O) groups is 1. The number of aliphatic imine (C=N–C) groups is 1. The summed E-state index contributed by atoms with van der Waals surface area (Å²) >= 11 is 0. The van der Waals surface area contributed by atoms with Crippen LogP contribution in [0.5, 0.6) is 5.75 Å². The molecule has 0 heterocycles. The number of phenols is 1. The van der Waals surface area contributed by atoms with E-state index in [2.05, 4.69) is 17.2 Å². The second-order valence-corrected chi connectivity index (χ2v) is 7.48. The molecule has 2 rings (SSSR count). The fourth-order valence-electron chi connectivity index (χ4n) is 3.20. The zero-order valence-corrected chi connectivity index (χ0v) is 17.6. The van der Waals surface area contributed by atoms with Crippen molar-refractivity contribution < 1.29 is 9.90 Å². The Labute approximate surface area is 175 Å². The van der Waals surface area contributed by atoms with E-state index < -0.39 is 0 Å². The van der Waals surface area contributed by atoms with E-state index in [4.69, 9.17) is 0 Å². The molecule has 0 saturated carbocycles. The van der Waals surface area contributed by atoms with Crippen molar-refractivity contribution in [3.05, 3.63) is 54.1 Å². The average Bonchev–Trinajstić information content (AvgIpc) is 2.72. The van der Waals surface area contributed by atoms with E-state index in [0.29, 0.717) is 11.3 Å². The van der Waals surface area contributed by atoms with Gasteiger partial charge in [-0.25, -0.2) is 0 Å². The van der Waals surface area contributed by atoms with Gasteiger partial charge in [-0.3, -0.25) is 9.79 Å². The lowest BCUT2D eigenvalue weighted by Crippen LogP contribution is -2.11. The molecule has 1 amide bonds. The summed E-state index contributed by atoms with van der Waals surface area (Å²) in [6.45, 7) is 2.26. The Kier molecular flexibility index (Phi) is 10.6. The third kappa shape index (κ3) is 9.42. The molecular weight excluding hydrogens is 360 g/mol. The molecule has 0 aliphatic carbocycles. The van der Waals surface area contributed by atoms with Crippen molar-refractivity contribution >= 4 is 23.5 Å². The van der Waals surface area contributed by atoms with Gasteiger partial charge in [0.2, 0.25) is 0 Å². The monoisotopic (exact) mass is 394 g/mol. The maximum atomic E-state index is 12.3. The number of carbonyl (C=O) groups excluding carboxylic acids is 1. The van der Waals surface area contributed by atoms with Crippen LogP contribution in [-0.4, -0.2) is 17.2 Å². The van der Waals surface area contributed by atoms with Crippen LogP contribution in [-0.2, 0) is 0 Å². The minimum atomic E-state index is -0.208. The maximum Gasteiger partial charge on any atom is 0.255 e. The first-order chi connectivity index (χ1) is 14.2. The van der Waals surface area contributed by atoms with Crippen molar-refractivity contribution in [3.8, 4) is 5.75 Å². The van der Waals surface area contributed by atoms with Crippen LogP contribution in [0.2, 0.25) is 0 Å². The second kappa shape index (κ2) is 13.5. The fraction of sp³-hybridized carbons (Fsp3) is 0.440. The van der Waals surface area contributed by atoms with Crippen molar-refractivity contribution in [1.82, 2.24) is 0 Å². The van der Waals surface area contributed by atoms with Crippen LogP contribution in [0.1, 0.15) is 81.5 Å². The summed E-state index contributed by atoms with van der Waals surface area (Å²) in [4.78, 5) is 16.7. The predicted octanol–water partition coefficient (Wildman–Crippen LogP) is 7.27. The molecule has 0 unspecified atom stereocenters. The Morgan fingerprint density at radius 1 is 0.931 bits per heavy atom. The van der Waals surface area contributed by atoms with Gasteiger partial charge in [0.25, 0.3) is 5.91 Å². The number of phenolic OH excluding ortho intramolecular Hbond substituents is 1. The van der Waals surface area contributed by atoms with Gasteiger partial charge in [0.05, 0.1) is 5.69 Å². The highest BCUT2D eigenvalue weighted by molar-refractivity contribution is 6.04. The highest BCUT2D eigenvalue weighted by Crippen LogP contribution is 2.18. The Morgan fingerprint density at radius 2 is 1.59 bits per heavy atom. The SMILES string of the molecule is CCCCCCCCCCC/C=N/c1ccc(C(=O)Nc2cccc(O)c2)cc1. The highest BCUT2D eigenvalue weighted by atomic mass is 16.3. The van der Waals surface area contributed by atoms with E-state index >= 15 is 0 Å². The third-order valence-corrected chi connectivity index (χ3v) is 4.91. The minimum Gasteiger partial charge on any atom is -0.508 e. The molecule has 2 N–H and O–H groups in total. The Hall–Kier alpha value is -2.62. The molecule has 0 bridgehead atoms. The number of unbranched alkanes of at least 4 members (excludes halogenated alkanes) is 9. The number of aromatic hydroxyl groups is 1. The molecule has 29 heavy (non-hydrogen) atoms. The summed E-state index contributed by atoms with van der Waals surface area (Å²) in [5, 5.41) is 12.2. The Bertz CT molecular complexity index is 754. The van der Waals surface area contributed by atoms with Crippen molar-refractivity contribution in [1.29, 1.82) is 0 Å². The fourth-order valence-corrected chi connectivity index (χ4v) is 3.20. The van der Waals surface area contributed by atoms with Gasteiger partial charge in [0.1, 0.15) is 5.75 Å². The van der Waals surface area contributed by atoms with Crippen molar-refractivity contribution in [2.45, 2.75) is 71.1 Å². The zero-order chi connectivity index (χ0) is 20.7. The number of benzene rings is 2. The van der Waals surface area contributed by atoms with E-state index in [1.807, 2.05) is 18.3 Å². The number of rotatable bonds is 13. The molecule has 2 aromatic carbocycles. The van der Waals surface area contributed by atoms with Crippen molar-refractivity contribution in [3.63, 3.8) is 0 Å². The number of nitrogens with one attached hydrogen (secondary N) is 1. The minimum absolute atomic E-state index is 0.124. The number of anilines is 1. The van der Waals surface area contributed by atoms with Gasteiger partial charge in [-0.2, -0.15) is 0 Å². The highest BCUT2D eigenvalue weighted by Gasteiger charge is 2.06. The Balaban J connectivity index is 1.63. The lowest BCUT2D eigenvalue weighted by Gasteiger charge is -2.05. The van der Waals surface area contributed by atoms with Gasteiger partial charge >= 0.3 is 0 Å². The summed E-state index contributed by atoms with van der Waals surface area (Å²) in [5.74, 6) is -0.0831. The molecule has 156 valence electrons. The van der Waals surface area contributed by atoms with Crippen LogP contribution < -0.4 is 5.32 Å². The van der Waals surface area contributed by atoms with E-state index in [-0.39, 0.29) is 11.7 Å². The standard InChI is InChI=1S/C25H34N2O2/c1-2-3-4-5-6-7-8-9-10-11-19-26-22-17-15-21(16-18-22)25(29)27-23-13-12-14-24(28)20-23/h12-20,28H,2-11H2,1H3,(H,27,29)/b26-19+. The van der Waals surface area contributed by atoms with Gasteiger partial charge in [-0.1, -0.05) is 64.4 Å². The van der Waals surface area contributed by atoms with Crippen molar-refractivity contribution in [2.75, 3.05) is 5.32 Å². The van der Waals surface area contributed by atoms with E-state index in [9.17, 15) is 9.90 Å². The van der Waals surface area contributed by atoms with E-state index in [0.717, 1.165) is 12.1 Å². The molecule has 0 saturated heterocycles. The summed E-state index contributed by atoms with van der Waals surface area (Å²) in [5.41, 5.74) is 1.99. The molecule has 0 radical (unpaired) electrons. The molecule has 0 aliphatic heterocycles. The summed E-state index contributed by atoms with van der Waals surface area (Å²) in [7, 11) is 0. The van der Waals surface area contributed by atoms with Crippen LogP contribution in [0.15, 0.2) is 53.5 Å². The first kappa shape index (κ1) is 22.7. The van der Waals surface area contributed by atoms with Gasteiger partial charge in [0, 0.05) is 23.5 Å². The normalized spacial score (nSPS) is 11.1. The molecule has 4 heteroatoms. The predicted molar refractivity (Wildman–Crippen MR) is 122 cm³/mol. The van der Waals surface area contributed by atoms with E-state index in [1.54, 1.807) is 30.3 Å². The number of nitrogens with zero attached hydrogens (tertiary/aromatic N) is 1. The maximum absolute atomic E-state index is 12.3. The molecule has 2 aromatic rings. The van der Waals surface area contributed by atoms with Crippen molar-refractivity contribution in [2.24, 2.45) is 4.99 Å². The smallest absolute Gasteiger partial charge is 0.255 e. The lowest BCUT2D eigenvalue weighted by molar-refractivity contribution is 0.102. The largest absolute Gasteiger partial charge is 0.508 e. The lowest BCUT2D eigenvalue weighted by atomic mass is 10.1. The molecule has 0 fully saturated rings. The molecule has 4 nitrogen and oxygen atoms in total. The molecule has 0 aromatic heterocycles.